The van der Waals surface area contributed by atoms with E-state index in [-0.39, 0.29) is 48.4 Å². The first kappa shape index (κ1) is 38.4. The number of rotatable bonds is 11. The Labute approximate surface area is 335 Å². The summed E-state index contributed by atoms with van der Waals surface area (Å²) in [6.07, 6.45) is 1.14. The molecule has 2 amide bonds. The van der Waals surface area contributed by atoms with Crippen molar-refractivity contribution in [2.24, 2.45) is 5.92 Å². The number of β-amino-alcohol motifs (C(OH)–C–C–N with tert-alkyl or cyclic N) is 1. The van der Waals surface area contributed by atoms with Gasteiger partial charge in [-0.3, -0.25) is 14.5 Å². The normalized spacial score (nSPS) is 19.0. The lowest BCUT2D eigenvalue weighted by Crippen LogP contribution is -2.48. The van der Waals surface area contributed by atoms with Crippen LogP contribution in [0.4, 0.5) is 0 Å². The molecule has 0 radical (unpaired) electrons. The number of aliphatic hydroxyl groups excluding tert-OH is 1. The molecule has 2 saturated heterocycles. The maximum atomic E-state index is 14.3. The van der Waals surface area contributed by atoms with E-state index in [2.05, 4.69) is 41.6 Å². The summed E-state index contributed by atoms with van der Waals surface area (Å²) in [6.45, 7) is 10.4. The quantitative estimate of drug-likeness (QED) is 0.111. The average Bonchev–Trinajstić information content (AvgIpc) is 4.02. The third-order valence-corrected chi connectivity index (χ3v) is 12.4. The van der Waals surface area contributed by atoms with Crippen LogP contribution in [-0.4, -0.2) is 88.9 Å². The number of carbonyl (C=O) groups is 2. The number of H-pyrrole nitrogens is 1. The molecule has 0 aliphatic carbocycles. The van der Waals surface area contributed by atoms with Crippen molar-refractivity contribution >= 4 is 34.2 Å². The van der Waals surface area contributed by atoms with Crippen molar-refractivity contribution in [2.45, 2.75) is 83.5 Å². The summed E-state index contributed by atoms with van der Waals surface area (Å²) in [6, 6.07) is 20.0. The number of thiazole rings is 1. The number of aliphatic hydroxyl groups is 1. The highest BCUT2D eigenvalue weighted by Gasteiger charge is 2.43. The zero-order chi connectivity index (χ0) is 39.8. The van der Waals surface area contributed by atoms with Gasteiger partial charge in [0.05, 0.1) is 39.6 Å². The third-order valence-electron chi connectivity index (χ3n) is 11.4. The summed E-state index contributed by atoms with van der Waals surface area (Å²) in [5.41, 5.74) is 8.68. The Morgan fingerprint density at radius 2 is 1.81 bits per heavy atom. The molecule has 4 atom stereocenters. The number of phenols is 1. The number of hydrogen-bond donors (Lipinski definition) is 4. The SMILES string of the molecule is Cc1ncsc1-c1ccc([C@H](C)NC(=O)[C@@H]2C[C@@H](O)CN2C(=O)[C@@H](c2cc(C3CCN(Cc4cc5cc(-c6ccccc6O)nnc5[nH]4)CC3)no2)C(C)C)cc1. The van der Waals surface area contributed by atoms with Crippen LogP contribution in [0.15, 0.2) is 76.8 Å². The van der Waals surface area contributed by atoms with Crippen LogP contribution >= 0.6 is 11.3 Å². The molecule has 57 heavy (non-hydrogen) atoms. The van der Waals surface area contributed by atoms with Crippen molar-refractivity contribution in [1.29, 1.82) is 0 Å². The molecule has 2 aliphatic rings. The van der Waals surface area contributed by atoms with Crippen molar-refractivity contribution in [2.75, 3.05) is 19.6 Å². The lowest BCUT2D eigenvalue weighted by atomic mass is 9.89. The van der Waals surface area contributed by atoms with E-state index in [0.717, 1.165) is 70.9 Å². The van der Waals surface area contributed by atoms with Gasteiger partial charge in [-0.1, -0.05) is 55.4 Å². The molecule has 6 aromatic rings. The molecule has 6 heterocycles. The average molecular weight is 789 g/mol. The molecule has 8 rings (SSSR count). The van der Waals surface area contributed by atoms with Crippen LogP contribution in [-0.2, 0) is 16.1 Å². The Balaban J connectivity index is 0.884. The van der Waals surface area contributed by atoms with Gasteiger partial charge >= 0.3 is 0 Å². The number of para-hydroxylation sites is 1. The fourth-order valence-corrected chi connectivity index (χ4v) is 9.09. The maximum Gasteiger partial charge on any atom is 0.243 e. The molecule has 2 aliphatic heterocycles. The van der Waals surface area contributed by atoms with E-state index in [0.29, 0.717) is 22.7 Å². The molecule has 0 saturated carbocycles. The molecule has 0 unspecified atom stereocenters. The third kappa shape index (κ3) is 8.07. The van der Waals surface area contributed by atoms with Gasteiger partial charge in [0, 0.05) is 48.1 Å². The van der Waals surface area contributed by atoms with Crippen molar-refractivity contribution in [3.8, 4) is 27.4 Å². The second kappa shape index (κ2) is 16.2. The molecule has 2 fully saturated rings. The van der Waals surface area contributed by atoms with Crippen LogP contribution in [0.3, 0.4) is 0 Å². The Hall–Kier alpha value is -5.44. The first-order valence-corrected chi connectivity index (χ1v) is 20.5. The minimum atomic E-state index is -0.802. The summed E-state index contributed by atoms with van der Waals surface area (Å²) >= 11 is 1.60. The van der Waals surface area contributed by atoms with Crippen LogP contribution in [0.25, 0.3) is 32.7 Å². The molecule has 296 valence electrons. The largest absolute Gasteiger partial charge is 0.507 e. The first-order valence-electron chi connectivity index (χ1n) is 19.6. The second-order valence-corrected chi connectivity index (χ2v) is 16.6. The number of fused-ring (bicyclic) bond motifs is 1. The van der Waals surface area contributed by atoms with E-state index < -0.39 is 18.1 Å². The Bertz CT molecular complexity index is 2360. The fraction of sp³-hybridized carbons (Fsp3) is 0.395. The van der Waals surface area contributed by atoms with E-state index in [4.69, 9.17) is 4.52 Å². The smallest absolute Gasteiger partial charge is 0.243 e. The van der Waals surface area contributed by atoms with Crippen LogP contribution in [0.2, 0.25) is 0 Å². The number of carbonyl (C=O) groups excluding carboxylic acids is 2. The van der Waals surface area contributed by atoms with E-state index >= 15 is 0 Å². The Kier molecular flexibility index (Phi) is 10.9. The number of piperidine rings is 1. The van der Waals surface area contributed by atoms with Crippen LogP contribution < -0.4 is 5.32 Å². The van der Waals surface area contributed by atoms with Gasteiger partial charge in [-0.25, -0.2) is 4.98 Å². The number of aromatic hydroxyl groups is 1. The zero-order valence-electron chi connectivity index (χ0n) is 32.6. The highest BCUT2D eigenvalue weighted by atomic mass is 32.1. The van der Waals surface area contributed by atoms with Gasteiger partial charge in [-0.05, 0) is 81.1 Å². The van der Waals surface area contributed by atoms with Crippen molar-refractivity contribution in [1.82, 2.24) is 40.4 Å². The number of benzene rings is 2. The molecule has 4 N–H and O–H groups in total. The molecule has 4 aromatic heterocycles. The van der Waals surface area contributed by atoms with Gasteiger partial charge in [-0.2, -0.15) is 0 Å². The van der Waals surface area contributed by atoms with Gasteiger partial charge in [0.2, 0.25) is 11.8 Å². The number of nitrogens with one attached hydrogen (secondary N) is 2. The van der Waals surface area contributed by atoms with Crippen molar-refractivity contribution in [3.63, 3.8) is 0 Å². The van der Waals surface area contributed by atoms with E-state index in [1.165, 1.54) is 4.90 Å². The highest BCUT2D eigenvalue weighted by Crippen LogP contribution is 2.36. The molecular formula is C43H48N8O5S. The summed E-state index contributed by atoms with van der Waals surface area (Å²) in [7, 11) is 0. The predicted molar refractivity (Wildman–Crippen MR) is 217 cm³/mol. The van der Waals surface area contributed by atoms with Crippen LogP contribution in [0, 0.1) is 12.8 Å². The number of aromatic nitrogens is 5. The molecule has 2 aromatic carbocycles. The van der Waals surface area contributed by atoms with Gasteiger partial charge in [0.15, 0.2) is 5.65 Å². The fourth-order valence-electron chi connectivity index (χ4n) is 8.28. The number of aromatic amines is 1. The molecule has 13 nitrogen and oxygen atoms in total. The van der Waals surface area contributed by atoms with Crippen molar-refractivity contribution < 1.29 is 24.3 Å². The number of hydrogen-bond acceptors (Lipinski definition) is 11. The molecule has 0 bridgehead atoms. The maximum absolute atomic E-state index is 14.3. The van der Waals surface area contributed by atoms with Gasteiger partial charge in [0.1, 0.15) is 23.5 Å². The minimum Gasteiger partial charge on any atom is -0.507 e. The van der Waals surface area contributed by atoms with E-state index in [9.17, 15) is 19.8 Å². The molecular weight excluding hydrogens is 741 g/mol. The number of phenolic OH excluding ortho intramolecular Hbond substituents is 1. The molecule has 0 spiro atoms. The topological polar surface area (TPSA) is 174 Å². The standard InChI is InChI=1S/C43H48N8O5S/c1-24(2)39(43(55)51-22-32(52)19-36(51)42(54)45-25(3)27-9-11-29(12-10-27)40-26(4)44-23-57-40)38-20-34(49-56-38)28-13-15-50(16-14-28)21-31-17-30-18-35(47-48-41(30)46-31)33-7-5-6-8-37(33)53/h5-12,17-18,20,23-25,28,32,36,39,52-53H,13-16,19,21-22H2,1-4H3,(H,45,54)(H,46,48)/t25-,32+,36-,39+/m0/s1. The van der Waals surface area contributed by atoms with Gasteiger partial charge in [-0.15, -0.1) is 21.5 Å². The second-order valence-electron chi connectivity index (χ2n) is 15.8. The number of likely N-dealkylation sites (tertiary alicyclic amines) is 2. The van der Waals surface area contributed by atoms with Crippen molar-refractivity contribution in [3.05, 3.63) is 101 Å². The number of aryl methyl sites for hydroxylation is 1. The van der Waals surface area contributed by atoms with Crippen LogP contribution in [0.5, 0.6) is 5.75 Å². The minimum absolute atomic E-state index is 0.0810. The molecule has 14 heteroatoms. The lowest BCUT2D eigenvalue weighted by molar-refractivity contribution is -0.141. The summed E-state index contributed by atoms with van der Waals surface area (Å²) in [4.78, 5) is 40.8. The lowest BCUT2D eigenvalue weighted by Gasteiger charge is -2.30. The number of nitrogens with zero attached hydrogens (tertiary/aromatic N) is 6. The highest BCUT2D eigenvalue weighted by molar-refractivity contribution is 7.13. The summed E-state index contributed by atoms with van der Waals surface area (Å²) in [5, 5.41) is 38.2. The summed E-state index contributed by atoms with van der Waals surface area (Å²) < 4.78 is 5.90. The summed E-state index contributed by atoms with van der Waals surface area (Å²) in [5.74, 6) is -0.473. The Morgan fingerprint density at radius 1 is 1.04 bits per heavy atom. The number of amides is 2. The monoisotopic (exact) mass is 788 g/mol. The van der Waals surface area contributed by atoms with Gasteiger partial charge in [0.25, 0.3) is 0 Å². The first-order chi connectivity index (χ1) is 27.5. The van der Waals surface area contributed by atoms with E-state index in [1.807, 2.05) is 81.7 Å². The Morgan fingerprint density at radius 3 is 2.53 bits per heavy atom. The van der Waals surface area contributed by atoms with Crippen LogP contribution in [0.1, 0.15) is 86.3 Å². The van der Waals surface area contributed by atoms with Gasteiger partial charge < -0.3 is 29.9 Å². The predicted octanol–water partition coefficient (Wildman–Crippen LogP) is 6.71. The zero-order valence-corrected chi connectivity index (χ0v) is 33.4. The van der Waals surface area contributed by atoms with E-state index in [1.54, 1.807) is 23.5 Å².